The Hall–Kier alpha value is -1.26. The second kappa shape index (κ2) is 7.50. The quantitative estimate of drug-likeness (QED) is 0.830. The molecule has 20 heavy (non-hydrogen) atoms. The summed E-state index contributed by atoms with van der Waals surface area (Å²) < 4.78 is 11.4. The Balaban J connectivity index is 1.76. The number of benzene rings is 1. The van der Waals surface area contributed by atoms with Gasteiger partial charge in [0.25, 0.3) is 0 Å². The number of nitrogens with two attached hydrogens (primary N) is 1. The van der Waals surface area contributed by atoms with E-state index in [1.165, 1.54) is 6.42 Å². The van der Waals surface area contributed by atoms with Crippen LogP contribution in [0.3, 0.4) is 0 Å². The lowest BCUT2D eigenvalue weighted by Crippen LogP contribution is -2.31. The van der Waals surface area contributed by atoms with Crippen molar-refractivity contribution >= 4 is 0 Å². The third-order valence-corrected chi connectivity index (χ3v) is 3.87. The van der Waals surface area contributed by atoms with Crippen molar-refractivity contribution in [3.63, 3.8) is 0 Å². The topological polar surface area (TPSA) is 47.7 Å². The van der Waals surface area contributed by atoms with Crippen LogP contribution in [0.5, 0.6) is 11.5 Å². The monoisotopic (exact) mass is 278 g/mol. The smallest absolute Gasteiger partial charge is 0.161 e. The molecule has 112 valence electrons. The van der Waals surface area contributed by atoms with Crippen LogP contribution in [0.2, 0.25) is 0 Å². The van der Waals surface area contributed by atoms with E-state index in [9.17, 15) is 0 Å². The van der Waals surface area contributed by atoms with E-state index in [0.717, 1.165) is 31.1 Å². The van der Waals surface area contributed by atoms with Crippen molar-refractivity contribution in [1.82, 2.24) is 4.90 Å². The Bertz CT molecular complexity index is 409. The molecule has 1 aliphatic heterocycles. The van der Waals surface area contributed by atoms with E-state index in [2.05, 4.69) is 11.8 Å². The van der Waals surface area contributed by atoms with Crippen LogP contribution in [-0.2, 0) is 0 Å². The number of nitrogens with zero attached hydrogens (tertiary/aromatic N) is 1. The van der Waals surface area contributed by atoms with Gasteiger partial charge in [-0.2, -0.15) is 0 Å². The highest BCUT2D eigenvalue weighted by molar-refractivity contribution is 5.39. The molecule has 4 nitrogen and oxygen atoms in total. The Morgan fingerprint density at radius 1 is 1.30 bits per heavy atom. The van der Waals surface area contributed by atoms with Gasteiger partial charge in [-0.1, -0.05) is 12.1 Å². The zero-order valence-corrected chi connectivity index (χ0v) is 12.5. The van der Waals surface area contributed by atoms with E-state index in [1.54, 1.807) is 0 Å². The molecule has 1 heterocycles. The zero-order valence-electron chi connectivity index (χ0n) is 12.5. The molecular formula is C16H26N2O2. The van der Waals surface area contributed by atoms with Crippen LogP contribution in [0.1, 0.15) is 20.3 Å². The van der Waals surface area contributed by atoms with Crippen LogP contribution in [0.4, 0.5) is 0 Å². The molecule has 0 amide bonds. The molecule has 1 aromatic carbocycles. The lowest BCUT2D eigenvalue weighted by Gasteiger charge is -2.18. The molecule has 4 heteroatoms. The molecule has 0 bridgehead atoms. The minimum Gasteiger partial charge on any atom is -0.490 e. The summed E-state index contributed by atoms with van der Waals surface area (Å²) in [5, 5.41) is 0. The maximum absolute atomic E-state index is 5.96. The second-order valence-electron chi connectivity index (χ2n) is 5.44. The van der Waals surface area contributed by atoms with Crippen LogP contribution in [-0.4, -0.2) is 43.8 Å². The maximum Gasteiger partial charge on any atom is 0.161 e. The van der Waals surface area contributed by atoms with Crippen LogP contribution >= 0.6 is 0 Å². The summed E-state index contributed by atoms with van der Waals surface area (Å²) in [7, 11) is 0. The van der Waals surface area contributed by atoms with E-state index in [4.69, 9.17) is 15.2 Å². The van der Waals surface area contributed by atoms with Crippen LogP contribution in [0.15, 0.2) is 24.3 Å². The molecule has 0 radical (unpaired) electrons. The van der Waals surface area contributed by atoms with Gasteiger partial charge in [-0.3, -0.25) is 4.90 Å². The van der Waals surface area contributed by atoms with Gasteiger partial charge >= 0.3 is 0 Å². The predicted octanol–water partition coefficient (Wildman–Crippen LogP) is 2.13. The first-order chi connectivity index (χ1) is 9.70. The molecule has 1 saturated heterocycles. The van der Waals surface area contributed by atoms with Gasteiger partial charge in [0.1, 0.15) is 6.61 Å². The second-order valence-corrected chi connectivity index (χ2v) is 5.44. The number of hydrogen-bond donors (Lipinski definition) is 1. The van der Waals surface area contributed by atoms with Gasteiger partial charge in [-0.15, -0.1) is 0 Å². The minimum absolute atomic E-state index is 0.291. The third kappa shape index (κ3) is 4.12. The van der Waals surface area contributed by atoms with Gasteiger partial charge < -0.3 is 15.2 Å². The lowest BCUT2D eigenvalue weighted by molar-refractivity contribution is 0.221. The zero-order chi connectivity index (χ0) is 14.4. The summed E-state index contributed by atoms with van der Waals surface area (Å²) >= 11 is 0. The van der Waals surface area contributed by atoms with Crippen molar-refractivity contribution in [1.29, 1.82) is 0 Å². The average Bonchev–Trinajstić information content (AvgIpc) is 2.90. The fraction of sp³-hybridized carbons (Fsp3) is 0.625. The predicted molar refractivity (Wildman–Crippen MR) is 81.3 cm³/mol. The fourth-order valence-corrected chi connectivity index (χ4v) is 2.62. The highest BCUT2D eigenvalue weighted by Gasteiger charge is 2.24. The first kappa shape index (κ1) is 15.1. The van der Waals surface area contributed by atoms with Crippen LogP contribution in [0.25, 0.3) is 0 Å². The standard InChI is InChI=1S/C16H26N2O2/c1-3-19-15-6-4-5-7-16(15)20-11-10-18-9-8-14(12-18)13(2)17/h4-7,13-14H,3,8-12,17H2,1-2H3. The van der Waals surface area contributed by atoms with Gasteiger partial charge in [0.2, 0.25) is 0 Å². The molecule has 0 aromatic heterocycles. The van der Waals surface area contributed by atoms with Gasteiger partial charge in [0, 0.05) is 19.1 Å². The number of likely N-dealkylation sites (tertiary alicyclic amines) is 1. The van der Waals surface area contributed by atoms with Gasteiger partial charge in [-0.05, 0) is 44.9 Å². The van der Waals surface area contributed by atoms with Crippen molar-refractivity contribution in [2.75, 3.05) is 32.8 Å². The summed E-state index contributed by atoms with van der Waals surface area (Å²) in [6.45, 7) is 8.59. The molecule has 2 N–H and O–H groups in total. The first-order valence-corrected chi connectivity index (χ1v) is 7.53. The van der Waals surface area contributed by atoms with E-state index in [1.807, 2.05) is 31.2 Å². The van der Waals surface area contributed by atoms with Crippen molar-refractivity contribution in [3.8, 4) is 11.5 Å². The highest BCUT2D eigenvalue weighted by Crippen LogP contribution is 2.26. The van der Waals surface area contributed by atoms with Crippen LogP contribution < -0.4 is 15.2 Å². The first-order valence-electron chi connectivity index (χ1n) is 7.53. The Labute approximate surface area is 121 Å². The molecule has 0 aliphatic carbocycles. The van der Waals surface area contributed by atoms with E-state index in [-0.39, 0.29) is 0 Å². The molecule has 1 aliphatic rings. The molecule has 1 fully saturated rings. The largest absolute Gasteiger partial charge is 0.490 e. The molecular weight excluding hydrogens is 252 g/mol. The van der Waals surface area contributed by atoms with E-state index in [0.29, 0.717) is 25.2 Å². The van der Waals surface area contributed by atoms with Gasteiger partial charge in [-0.25, -0.2) is 0 Å². The summed E-state index contributed by atoms with van der Waals surface area (Å²) in [6.07, 6.45) is 1.20. The number of para-hydroxylation sites is 2. The van der Waals surface area contributed by atoms with Gasteiger partial charge in [0.15, 0.2) is 11.5 Å². The average molecular weight is 278 g/mol. The molecule has 0 saturated carbocycles. The van der Waals surface area contributed by atoms with Crippen molar-refractivity contribution in [2.24, 2.45) is 11.7 Å². The summed E-state index contributed by atoms with van der Waals surface area (Å²) in [4.78, 5) is 2.43. The SMILES string of the molecule is CCOc1ccccc1OCCN1CCC(C(C)N)C1. The number of ether oxygens (including phenoxy) is 2. The van der Waals surface area contributed by atoms with Crippen molar-refractivity contribution < 1.29 is 9.47 Å². The fourth-order valence-electron chi connectivity index (χ4n) is 2.62. The van der Waals surface area contributed by atoms with Crippen molar-refractivity contribution in [3.05, 3.63) is 24.3 Å². The lowest BCUT2D eigenvalue weighted by atomic mass is 10.0. The van der Waals surface area contributed by atoms with Crippen LogP contribution in [0, 0.1) is 5.92 Å². The number of rotatable bonds is 7. The van der Waals surface area contributed by atoms with E-state index < -0.39 is 0 Å². The molecule has 1 aromatic rings. The maximum atomic E-state index is 5.96. The Morgan fingerprint density at radius 3 is 2.60 bits per heavy atom. The molecule has 2 unspecified atom stereocenters. The minimum atomic E-state index is 0.291. The molecule has 0 spiro atoms. The van der Waals surface area contributed by atoms with E-state index >= 15 is 0 Å². The third-order valence-electron chi connectivity index (χ3n) is 3.87. The molecule has 2 atom stereocenters. The summed E-state index contributed by atoms with van der Waals surface area (Å²) in [6, 6.07) is 8.13. The normalized spacial score (nSPS) is 20.9. The van der Waals surface area contributed by atoms with Crippen molar-refractivity contribution in [2.45, 2.75) is 26.3 Å². The highest BCUT2D eigenvalue weighted by atomic mass is 16.5. The Morgan fingerprint density at radius 2 is 2.00 bits per heavy atom. The Kier molecular flexibility index (Phi) is 5.68. The summed E-state index contributed by atoms with van der Waals surface area (Å²) in [5.41, 5.74) is 5.96. The van der Waals surface area contributed by atoms with Gasteiger partial charge in [0.05, 0.1) is 6.61 Å². The molecule has 2 rings (SSSR count). The number of hydrogen-bond acceptors (Lipinski definition) is 4. The summed E-state index contributed by atoms with van der Waals surface area (Å²) in [5.74, 6) is 2.29.